The molecule has 25 heavy (non-hydrogen) atoms. The second-order valence-electron chi connectivity index (χ2n) is 6.67. The van der Waals surface area contributed by atoms with E-state index in [-0.39, 0.29) is 0 Å². The summed E-state index contributed by atoms with van der Waals surface area (Å²) in [5.74, 6) is 0. The van der Waals surface area contributed by atoms with Crippen LogP contribution in [0.2, 0.25) is 0 Å². The molecule has 0 fully saturated rings. The Morgan fingerprint density at radius 1 is 0.520 bits per heavy atom. The van der Waals surface area contributed by atoms with E-state index in [9.17, 15) is 16.8 Å². The van der Waals surface area contributed by atoms with Crippen molar-refractivity contribution in [3.63, 3.8) is 0 Å². The lowest BCUT2D eigenvalue weighted by molar-refractivity contribution is 0.561. The second-order valence-corrected chi connectivity index (χ2v) is 10.7. The van der Waals surface area contributed by atoms with Gasteiger partial charge in [0.25, 0.3) is 0 Å². The summed E-state index contributed by atoms with van der Waals surface area (Å²) in [6.07, 6.45) is 12.7. The third-order valence-corrected chi connectivity index (χ3v) is 7.79. The second kappa shape index (κ2) is 14.9. The van der Waals surface area contributed by atoms with E-state index in [1.807, 2.05) is 0 Å². The molecular formula is C17H38N2O4S2. The minimum absolute atomic E-state index is 0.307. The Morgan fingerprint density at radius 2 is 0.840 bits per heavy atom. The molecule has 0 heterocycles. The lowest BCUT2D eigenvalue weighted by Gasteiger charge is -2.09. The van der Waals surface area contributed by atoms with Crippen molar-refractivity contribution in [2.45, 2.75) is 90.9 Å². The fourth-order valence-electron chi connectivity index (χ4n) is 2.55. The normalized spacial score (nSPS) is 12.6. The van der Waals surface area contributed by atoms with Gasteiger partial charge in [-0.3, -0.25) is 0 Å². The maximum absolute atomic E-state index is 11.9. The van der Waals surface area contributed by atoms with E-state index in [2.05, 4.69) is 23.3 Å². The molecular weight excluding hydrogens is 360 g/mol. The van der Waals surface area contributed by atoms with Crippen molar-refractivity contribution in [1.82, 2.24) is 9.44 Å². The van der Waals surface area contributed by atoms with Gasteiger partial charge in [0.1, 0.15) is 0 Å². The zero-order chi connectivity index (χ0) is 19.0. The van der Waals surface area contributed by atoms with Crippen molar-refractivity contribution in [3.8, 4) is 0 Å². The van der Waals surface area contributed by atoms with Crippen LogP contribution in [0.3, 0.4) is 0 Å². The molecule has 0 aromatic rings. The van der Waals surface area contributed by atoms with Crippen LogP contribution in [0.15, 0.2) is 0 Å². The fourth-order valence-corrected chi connectivity index (χ4v) is 5.76. The maximum Gasteiger partial charge on any atom is 0.227 e. The SMILES string of the molecule is CCCCCCCCNS(=O)(=O)CS(=O)(=O)NCCCCCCCC. The average molecular weight is 399 g/mol. The summed E-state index contributed by atoms with van der Waals surface area (Å²) >= 11 is 0. The molecule has 0 aliphatic heterocycles. The van der Waals surface area contributed by atoms with Gasteiger partial charge >= 0.3 is 0 Å². The molecule has 0 bridgehead atoms. The summed E-state index contributed by atoms with van der Waals surface area (Å²) in [6.45, 7) is 4.91. The molecule has 0 unspecified atom stereocenters. The number of rotatable bonds is 18. The summed E-state index contributed by atoms with van der Waals surface area (Å²) in [5.41, 5.74) is 0. The minimum atomic E-state index is -3.79. The third-order valence-electron chi connectivity index (χ3n) is 4.01. The predicted octanol–water partition coefficient (Wildman–Crippen LogP) is 3.50. The zero-order valence-electron chi connectivity index (χ0n) is 16.1. The summed E-state index contributed by atoms with van der Waals surface area (Å²) in [6, 6.07) is 0. The molecule has 0 atom stereocenters. The van der Waals surface area contributed by atoms with Crippen LogP contribution in [-0.2, 0) is 20.0 Å². The molecule has 0 saturated carbocycles. The highest BCUT2D eigenvalue weighted by Gasteiger charge is 2.21. The van der Waals surface area contributed by atoms with E-state index < -0.39 is 25.1 Å². The van der Waals surface area contributed by atoms with Gasteiger partial charge in [-0.25, -0.2) is 26.3 Å². The molecule has 0 aliphatic carbocycles. The van der Waals surface area contributed by atoms with E-state index in [4.69, 9.17) is 0 Å². The van der Waals surface area contributed by atoms with Gasteiger partial charge in [-0.2, -0.15) is 0 Å². The van der Waals surface area contributed by atoms with Crippen molar-refractivity contribution in [3.05, 3.63) is 0 Å². The van der Waals surface area contributed by atoms with Gasteiger partial charge in [0, 0.05) is 13.1 Å². The van der Waals surface area contributed by atoms with Gasteiger partial charge in [-0.05, 0) is 12.8 Å². The first-order valence-corrected chi connectivity index (χ1v) is 13.1. The molecule has 6 nitrogen and oxygen atoms in total. The first kappa shape index (κ1) is 24.8. The van der Waals surface area contributed by atoms with Gasteiger partial charge in [0.2, 0.25) is 20.0 Å². The van der Waals surface area contributed by atoms with Crippen LogP contribution in [0.4, 0.5) is 0 Å². The Hall–Kier alpha value is -0.180. The standard InChI is InChI=1S/C17H38N2O4S2/c1-3-5-7-9-11-13-15-18-24(20,21)17-25(22,23)19-16-14-12-10-8-6-4-2/h18-19H,3-17H2,1-2H3. The van der Waals surface area contributed by atoms with E-state index in [1.165, 1.54) is 38.5 Å². The van der Waals surface area contributed by atoms with Gasteiger partial charge < -0.3 is 0 Å². The van der Waals surface area contributed by atoms with Crippen LogP contribution in [-0.4, -0.2) is 35.0 Å². The number of nitrogens with one attached hydrogen (secondary N) is 2. The molecule has 0 rings (SSSR count). The van der Waals surface area contributed by atoms with E-state index in [0.29, 0.717) is 13.1 Å². The van der Waals surface area contributed by atoms with Gasteiger partial charge in [-0.1, -0.05) is 78.1 Å². The molecule has 0 radical (unpaired) electrons. The number of hydrogen-bond donors (Lipinski definition) is 2. The molecule has 2 N–H and O–H groups in total. The van der Waals surface area contributed by atoms with Crippen molar-refractivity contribution < 1.29 is 16.8 Å². The molecule has 0 aromatic heterocycles. The molecule has 0 amide bonds. The van der Waals surface area contributed by atoms with Gasteiger partial charge in [0.05, 0.1) is 0 Å². The van der Waals surface area contributed by atoms with Crippen LogP contribution < -0.4 is 9.44 Å². The Kier molecular flexibility index (Phi) is 14.8. The third kappa shape index (κ3) is 17.0. The molecule has 0 saturated heterocycles. The molecule has 152 valence electrons. The summed E-state index contributed by atoms with van der Waals surface area (Å²) in [7, 11) is -7.58. The number of unbranched alkanes of at least 4 members (excludes halogenated alkanes) is 10. The van der Waals surface area contributed by atoms with Crippen LogP contribution >= 0.6 is 0 Å². The van der Waals surface area contributed by atoms with E-state index >= 15 is 0 Å². The highest BCUT2D eigenvalue weighted by Crippen LogP contribution is 2.05. The molecule has 8 heteroatoms. The average Bonchev–Trinajstić information content (AvgIpc) is 2.52. The first-order chi connectivity index (χ1) is 11.8. The van der Waals surface area contributed by atoms with Crippen molar-refractivity contribution in [1.29, 1.82) is 0 Å². The van der Waals surface area contributed by atoms with Crippen LogP contribution in [0.1, 0.15) is 90.9 Å². The Balaban J connectivity index is 3.85. The highest BCUT2D eigenvalue weighted by molar-refractivity contribution is 8.06. The van der Waals surface area contributed by atoms with Crippen LogP contribution in [0.25, 0.3) is 0 Å². The quantitative estimate of drug-likeness (QED) is 0.346. The van der Waals surface area contributed by atoms with Crippen molar-refractivity contribution >= 4 is 20.0 Å². The van der Waals surface area contributed by atoms with Crippen LogP contribution in [0, 0.1) is 0 Å². The summed E-state index contributed by atoms with van der Waals surface area (Å²) in [4.78, 5) is 0. The number of hydrogen-bond acceptors (Lipinski definition) is 4. The Labute approximate surface area is 155 Å². The van der Waals surface area contributed by atoms with Crippen molar-refractivity contribution in [2.24, 2.45) is 0 Å². The van der Waals surface area contributed by atoms with Crippen LogP contribution in [0.5, 0.6) is 0 Å². The Morgan fingerprint density at radius 3 is 1.20 bits per heavy atom. The van der Waals surface area contributed by atoms with E-state index in [1.54, 1.807) is 0 Å². The topological polar surface area (TPSA) is 92.3 Å². The maximum atomic E-state index is 11.9. The van der Waals surface area contributed by atoms with E-state index in [0.717, 1.165) is 38.5 Å². The monoisotopic (exact) mass is 398 g/mol. The number of sulfonamides is 2. The van der Waals surface area contributed by atoms with Crippen molar-refractivity contribution in [2.75, 3.05) is 18.2 Å². The summed E-state index contributed by atoms with van der Waals surface area (Å²) in [5, 5.41) is -0.883. The largest absolute Gasteiger partial charge is 0.227 e. The predicted molar refractivity (Wildman–Crippen MR) is 105 cm³/mol. The lowest BCUT2D eigenvalue weighted by atomic mass is 10.1. The summed E-state index contributed by atoms with van der Waals surface area (Å²) < 4.78 is 52.2. The lowest BCUT2D eigenvalue weighted by Crippen LogP contribution is -2.36. The van der Waals surface area contributed by atoms with Gasteiger partial charge in [-0.15, -0.1) is 0 Å². The molecule has 0 aromatic carbocycles. The molecule has 0 spiro atoms. The fraction of sp³-hybridized carbons (Fsp3) is 1.00. The van der Waals surface area contributed by atoms with Gasteiger partial charge in [0.15, 0.2) is 5.08 Å². The first-order valence-electron chi connectivity index (χ1n) is 9.77. The smallest absolute Gasteiger partial charge is 0.214 e. The minimum Gasteiger partial charge on any atom is -0.214 e. The Bertz CT molecular complexity index is 459. The highest BCUT2D eigenvalue weighted by atomic mass is 32.3. The zero-order valence-corrected chi connectivity index (χ0v) is 17.7. The molecule has 0 aliphatic rings.